The van der Waals surface area contributed by atoms with Crippen LogP contribution in [-0.2, 0) is 12.8 Å². The minimum atomic E-state index is 0.424. The number of pyridine rings is 1. The number of para-hydroxylation sites is 1. The molecule has 2 aromatic rings. The molecule has 0 radical (unpaired) electrons. The molecule has 0 aliphatic heterocycles. The molecule has 20 heavy (non-hydrogen) atoms. The SMILES string of the molecule is CCc1cccc(CC)c1N=Cc1cccc(C=O)n1. The summed E-state index contributed by atoms with van der Waals surface area (Å²) in [5, 5.41) is 0. The lowest BCUT2D eigenvalue weighted by Gasteiger charge is -2.08. The van der Waals surface area contributed by atoms with E-state index in [1.807, 2.05) is 12.1 Å². The molecule has 102 valence electrons. The van der Waals surface area contributed by atoms with E-state index in [4.69, 9.17) is 0 Å². The van der Waals surface area contributed by atoms with E-state index in [0.717, 1.165) is 24.8 Å². The molecule has 0 saturated carbocycles. The van der Waals surface area contributed by atoms with Crippen LogP contribution in [0.25, 0.3) is 0 Å². The maximum atomic E-state index is 10.7. The molecule has 2 rings (SSSR count). The highest BCUT2D eigenvalue weighted by Gasteiger charge is 2.04. The monoisotopic (exact) mass is 266 g/mol. The van der Waals surface area contributed by atoms with E-state index < -0.39 is 0 Å². The molecule has 0 unspecified atom stereocenters. The second-order valence-corrected chi connectivity index (χ2v) is 4.50. The fraction of sp³-hybridized carbons (Fsp3) is 0.235. The number of aromatic nitrogens is 1. The van der Waals surface area contributed by atoms with Crippen molar-refractivity contribution in [3.63, 3.8) is 0 Å². The summed E-state index contributed by atoms with van der Waals surface area (Å²) in [6.45, 7) is 4.25. The van der Waals surface area contributed by atoms with Crippen molar-refractivity contribution in [3.8, 4) is 0 Å². The number of carbonyl (C=O) groups excluding carboxylic acids is 1. The van der Waals surface area contributed by atoms with Crippen LogP contribution in [0.3, 0.4) is 0 Å². The van der Waals surface area contributed by atoms with Crippen molar-refractivity contribution >= 4 is 18.2 Å². The third-order valence-electron chi connectivity index (χ3n) is 3.20. The van der Waals surface area contributed by atoms with E-state index in [2.05, 4.69) is 42.0 Å². The van der Waals surface area contributed by atoms with Gasteiger partial charge in [0.25, 0.3) is 0 Å². The lowest BCUT2D eigenvalue weighted by atomic mass is 10.0. The van der Waals surface area contributed by atoms with Crippen LogP contribution in [0.15, 0.2) is 41.4 Å². The molecule has 1 aromatic carbocycles. The number of carbonyl (C=O) groups is 1. The zero-order valence-corrected chi connectivity index (χ0v) is 11.8. The van der Waals surface area contributed by atoms with E-state index >= 15 is 0 Å². The Balaban J connectivity index is 2.37. The number of hydrogen-bond donors (Lipinski definition) is 0. The van der Waals surface area contributed by atoms with Crippen molar-refractivity contribution < 1.29 is 4.79 Å². The van der Waals surface area contributed by atoms with Gasteiger partial charge in [-0.05, 0) is 36.1 Å². The first-order chi connectivity index (χ1) is 9.78. The molecule has 0 saturated heterocycles. The van der Waals surface area contributed by atoms with E-state index in [1.165, 1.54) is 11.1 Å². The van der Waals surface area contributed by atoms with Gasteiger partial charge >= 0.3 is 0 Å². The molecule has 0 aliphatic carbocycles. The van der Waals surface area contributed by atoms with Gasteiger partial charge in [0.15, 0.2) is 6.29 Å². The zero-order valence-electron chi connectivity index (χ0n) is 11.8. The van der Waals surface area contributed by atoms with Crippen LogP contribution < -0.4 is 0 Å². The van der Waals surface area contributed by atoms with Gasteiger partial charge in [-0.15, -0.1) is 0 Å². The van der Waals surface area contributed by atoms with Crippen LogP contribution in [0.4, 0.5) is 5.69 Å². The van der Waals surface area contributed by atoms with Gasteiger partial charge in [-0.3, -0.25) is 9.79 Å². The first-order valence-corrected chi connectivity index (χ1v) is 6.85. The van der Waals surface area contributed by atoms with Gasteiger partial charge in [0.1, 0.15) is 5.69 Å². The number of nitrogens with zero attached hydrogens (tertiary/aromatic N) is 2. The van der Waals surface area contributed by atoms with Gasteiger partial charge in [0.2, 0.25) is 0 Å². The Labute approximate surface area is 119 Å². The number of hydrogen-bond acceptors (Lipinski definition) is 3. The number of aldehydes is 1. The summed E-state index contributed by atoms with van der Waals surface area (Å²) in [7, 11) is 0. The highest BCUT2D eigenvalue weighted by atomic mass is 16.1. The fourth-order valence-electron chi connectivity index (χ4n) is 2.12. The van der Waals surface area contributed by atoms with Crippen molar-refractivity contribution in [2.24, 2.45) is 4.99 Å². The molecule has 1 aromatic heterocycles. The average molecular weight is 266 g/mol. The van der Waals surface area contributed by atoms with Crippen molar-refractivity contribution in [1.29, 1.82) is 0 Å². The van der Waals surface area contributed by atoms with E-state index in [-0.39, 0.29) is 0 Å². The molecule has 3 nitrogen and oxygen atoms in total. The normalized spacial score (nSPS) is 10.9. The molecule has 0 aliphatic rings. The van der Waals surface area contributed by atoms with Crippen LogP contribution in [0.5, 0.6) is 0 Å². The molecule has 0 fully saturated rings. The molecule has 0 spiro atoms. The summed E-state index contributed by atoms with van der Waals surface area (Å²) >= 11 is 0. The number of rotatable bonds is 5. The van der Waals surface area contributed by atoms with Gasteiger partial charge in [0.05, 0.1) is 17.6 Å². The number of aliphatic imine (C=N–C) groups is 1. The Morgan fingerprint density at radius 1 is 1.00 bits per heavy atom. The molecular formula is C17H18N2O. The molecule has 0 bridgehead atoms. The lowest BCUT2D eigenvalue weighted by molar-refractivity contribution is 0.111. The summed E-state index contributed by atoms with van der Waals surface area (Å²) < 4.78 is 0. The second kappa shape index (κ2) is 6.75. The highest BCUT2D eigenvalue weighted by Crippen LogP contribution is 2.25. The predicted molar refractivity (Wildman–Crippen MR) is 82.1 cm³/mol. The van der Waals surface area contributed by atoms with Gasteiger partial charge in [-0.2, -0.15) is 0 Å². The Morgan fingerprint density at radius 3 is 2.20 bits per heavy atom. The van der Waals surface area contributed by atoms with E-state index in [0.29, 0.717) is 11.4 Å². The standard InChI is InChI=1S/C17H18N2O/c1-3-13-7-5-8-14(4-2)17(13)18-11-15-9-6-10-16(12-20)19-15/h5-12H,3-4H2,1-2H3. The Kier molecular flexibility index (Phi) is 4.77. The summed E-state index contributed by atoms with van der Waals surface area (Å²) in [4.78, 5) is 19.5. The molecular weight excluding hydrogens is 248 g/mol. The summed E-state index contributed by atoms with van der Waals surface area (Å²) in [6.07, 6.45) is 4.36. The summed E-state index contributed by atoms with van der Waals surface area (Å²) in [5.74, 6) is 0. The van der Waals surface area contributed by atoms with Crippen molar-refractivity contribution in [2.45, 2.75) is 26.7 Å². The van der Waals surface area contributed by atoms with Crippen LogP contribution >= 0.6 is 0 Å². The molecule has 1 heterocycles. The largest absolute Gasteiger partial charge is 0.296 e. The number of aryl methyl sites for hydroxylation is 2. The smallest absolute Gasteiger partial charge is 0.168 e. The van der Waals surface area contributed by atoms with E-state index in [1.54, 1.807) is 12.3 Å². The summed E-state index contributed by atoms with van der Waals surface area (Å²) in [6, 6.07) is 11.6. The van der Waals surface area contributed by atoms with Crippen LogP contribution in [0, 0.1) is 0 Å². The quantitative estimate of drug-likeness (QED) is 0.610. The first-order valence-electron chi connectivity index (χ1n) is 6.85. The van der Waals surface area contributed by atoms with Crippen LogP contribution in [-0.4, -0.2) is 17.5 Å². The third-order valence-corrected chi connectivity index (χ3v) is 3.20. The fourth-order valence-corrected chi connectivity index (χ4v) is 2.12. The predicted octanol–water partition coefficient (Wildman–Crippen LogP) is 3.77. The third kappa shape index (κ3) is 3.18. The van der Waals surface area contributed by atoms with Crippen molar-refractivity contribution in [1.82, 2.24) is 4.98 Å². The van der Waals surface area contributed by atoms with Gasteiger partial charge in [-0.25, -0.2) is 4.98 Å². The molecule has 3 heteroatoms. The van der Waals surface area contributed by atoms with Crippen molar-refractivity contribution in [2.75, 3.05) is 0 Å². The number of benzene rings is 1. The van der Waals surface area contributed by atoms with Crippen molar-refractivity contribution in [3.05, 3.63) is 58.9 Å². The Bertz CT molecular complexity index is 610. The van der Waals surface area contributed by atoms with Gasteiger partial charge < -0.3 is 0 Å². The Hall–Kier alpha value is -2.29. The maximum absolute atomic E-state index is 10.7. The average Bonchev–Trinajstić information content (AvgIpc) is 2.52. The Morgan fingerprint density at radius 2 is 1.60 bits per heavy atom. The van der Waals surface area contributed by atoms with Crippen LogP contribution in [0.2, 0.25) is 0 Å². The summed E-state index contributed by atoms with van der Waals surface area (Å²) in [5.41, 5.74) is 4.60. The highest BCUT2D eigenvalue weighted by molar-refractivity contribution is 5.82. The van der Waals surface area contributed by atoms with Gasteiger partial charge in [-0.1, -0.05) is 38.1 Å². The zero-order chi connectivity index (χ0) is 14.4. The topological polar surface area (TPSA) is 42.3 Å². The first kappa shape index (κ1) is 14.1. The second-order valence-electron chi connectivity index (χ2n) is 4.50. The van der Waals surface area contributed by atoms with Crippen LogP contribution in [0.1, 0.15) is 41.2 Å². The maximum Gasteiger partial charge on any atom is 0.168 e. The van der Waals surface area contributed by atoms with Gasteiger partial charge in [0, 0.05) is 0 Å². The molecule has 0 atom stereocenters. The van der Waals surface area contributed by atoms with E-state index in [9.17, 15) is 4.79 Å². The lowest BCUT2D eigenvalue weighted by Crippen LogP contribution is -1.93. The minimum Gasteiger partial charge on any atom is -0.296 e. The molecule has 0 amide bonds. The molecule has 0 N–H and O–H groups in total. The minimum absolute atomic E-state index is 0.424.